The summed E-state index contributed by atoms with van der Waals surface area (Å²) >= 11 is 0. The van der Waals surface area contributed by atoms with Crippen LogP contribution in [-0.4, -0.2) is 63.2 Å². The Morgan fingerprint density at radius 2 is 1.89 bits per heavy atom. The number of piperidine rings is 1. The number of fused-ring (bicyclic) bond motifs is 1. The molecule has 0 saturated carbocycles. The molecule has 0 spiro atoms. The first-order valence-corrected chi connectivity index (χ1v) is 9.36. The maximum absolute atomic E-state index is 12.9. The van der Waals surface area contributed by atoms with Crippen molar-refractivity contribution in [3.63, 3.8) is 0 Å². The number of hydrogen-bond donors (Lipinski definition) is 1. The van der Waals surface area contributed by atoms with Gasteiger partial charge in [0.1, 0.15) is 13.2 Å². The van der Waals surface area contributed by atoms with Gasteiger partial charge in [-0.1, -0.05) is 5.21 Å². The van der Waals surface area contributed by atoms with Gasteiger partial charge in [0.25, 0.3) is 5.91 Å². The van der Waals surface area contributed by atoms with Crippen LogP contribution in [0.5, 0.6) is 11.5 Å². The molecule has 2 aliphatic heterocycles. The number of carboxylic acid groups (broad SMARTS) is 1. The fraction of sp³-hybridized carbons (Fsp3) is 0.474. The van der Waals surface area contributed by atoms with Crippen LogP contribution in [0.1, 0.15) is 35.4 Å². The molecule has 1 aromatic carbocycles. The summed E-state index contributed by atoms with van der Waals surface area (Å²) in [4.78, 5) is 25.5. The van der Waals surface area contributed by atoms with Crippen LogP contribution in [-0.2, 0) is 4.79 Å². The predicted molar refractivity (Wildman–Crippen MR) is 98.0 cm³/mol. The van der Waals surface area contributed by atoms with Gasteiger partial charge in [0, 0.05) is 25.6 Å². The smallest absolute Gasteiger partial charge is 0.303 e. The van der Waals surface area contributed by atoms with Crippen LogP contribution in [0.2, 0.25) is 0 Å². The number of carbonyl (C=O) groups is 2. The van der Waals surface area contributed by atoms with Crippen LogP contribution in [0, 0.1) is 12.8 Å². The van der Waals surface area contributed by atoms with E-state index >= 15 is 0 Å². The summed E-state index contributed by atoms with van der Waals surface area (Å²) in [6.45, 7) is 3.90. The lowest BCUT2D eigenvalue weighted by molar-refractivity contribution is -0.138. The van der Waals surface area contributed by atoms with Crippen molar-refractivity contribution in [2.75, 3.05) is 26.3 Å². The molecule has 1 fully saturated rings. The van der Waals surface area contributed by atoms with Crippen LogP contribution in [0.25, 0.3) is 5.69 Å². The standard InChI is InChI=1S/C19H22N4O5/c1-12-18(19(26)22-6-4-13(5-7-22)10-17(24)25)20-21-23(12)14-2-3-15-16(11-14)28-9-8-27-15/h2-3,11,13H,4-10H2,1H3,(H,24,25). The van der Waals surface area contributed by atoms with Gasteiger partial charge >= 0.3 is 5.97 Å². The first-order valence-electron chi connectivity index (χ1n) is 9.36. The number of aromatic nitrogens is 3. The molecule has 9 heteroatoms. The van der Waals surface area contributed by atoms with Crippen LogP contribution in [0.15, 0.2) is 18.2 Å². The molecule has 148 valence electrons. The molecule has 0 atom stereocenters. The van der Waals surface area contributed by atoms with Crippen molar-refractivity contribution in [1.29, 1.82) is 0 Å². The number of benzene rings is 1. The molecule has 1 amide bonds. The molecule has 1 N–H and O–H groups in total. The lowest BCUT2D eigenvalue weighted by atomic mass is 9.93. The Labute approximate surface area is 161 Å². The SMILES string of the molecule is Cc1c(C(=O)N2CCC(CC(=O)O)CC2)nnn1-c1ccc2c(c1)OCCO2. The Hall–Kier alpha value is -3.10. The van der Waals surface area contributed by atoms with E-state index in [2.05, 4.69) is 10.3 Å². The number of nitrogens with zero attached hydrogens (tertiary/aromatic N) is 4. The molecular weight excluding hydrogens is 364 g/mol. The number of carboxylic acids is 1. The van der Waals surface area contributed by atoms with E-state index in [9.17, 15) is 9.59 Å². The third kappa shape index (κ3) is 3.51. The Balaban J connectivity index is 1.49. The number of amides is 1. The topological polar surface area (TPSA) is 107 Å². The normalized spacial score (nSPS) is 16.8. The van der Waals surface area contributed by atoms with Crippen LogP contribution >= 0.6 is 0 Å². The van der Waals surface area contributed by atoms with E-state index in [0.29, 0.717) is 62.0 Å². The average molecular weight is 386 g/mol. The van der Waals surface area contributed by atoms with Gasteiger partial charge in [0.15, 0.2) is 17.2 Å². The third-order valence-electron chi connectivity index (χ3n) is 5.23. The van der Waals surface area contributed by atoms with E-state index in [1.807, 2.05) is 18.2 Å². The molecule has 4 rings (SSSR count). The summed E-state index contributed by atoms with van der Waals surface area (Å²) in [6.07, 6.45) is 1.53. The van der Waals surface area contributed by atoms with Gasteiger partial charge in [-0.05, 0) is 37.8 Å². The molecule has 1 saturated heterocycles. The van der Waals surface area contributed by atoms with E-state index in [4.69, 9.17) is 14.6 Å². The molecule has 28 heavy (non-hydrogen) atoms. The van der Waals surface area contributed by atoms with Gasteiger partial charge in [-0.15, -0.1) is 5.10 Å². The van der Waals surface area contributed by atoms with Gasteiger partial charge in [-0.25, -0.2) is 4.68 Å². The Morgan fingerprint density at radius 1 is 1.18 bits per heavy atom. The molecule has 3 heterocycles. The zero-order chi connectivity index (χ0) is 19.7. The number of likely N-dealkylation sites (tertiary alicyclic amines) is 1. The Morgan fingerprint density at radius 3 is 2.61 bits per heavy atom. The highest BCUT2D eigenvalue weighted by atomic mass is 16.6. The number of aliphatic carboxylic acids is 1. The van der Waals surface area contributed by atoms with E-state index in [1.165, 1.54) is 0 Å². The molecule has 0 unspecified atom stereocenters. The highest BCUT2D eigenvalue weighted by Gasteiger charge is 2.28. The molecule has 1 aromatic heterocycles. The monoisotopic (exact) mass is 386 g/mol. The fourth-order valence-electron chi connectivity index (χ4n) is 3.67. The first kappa shape index (κ1) is 18.3. The summed E-state index contributed by atoms with van der Waals surface area (Å²) in [7, 11) is 0. The van der Waals surface area contributed by atoms with Gasteiger partial charge in [-0.3, -0.25) is 9.59 Å². The van der Waals surface area contributed by atoms with E-state index < -0.39 is 5.97 Å². The minimum Gasteiger partial charge on any atom is -0.486 e. The van der Waals surface area contributed by atoms with E-state index in [-0.39, 0.29) is 18.2 Å². The van der Waals surface area contributed by atoms with Crippen molar-refractivity contribution in [1.82, 2.24) is 19.9 Å². The maximum Gasteiger partial charge on any atom is 0.303 e. The van der Waals surface area contributed by atoms with Gasteiger partial charge in [0.2, 0.25) is 0 Å². The molecule has 2 aromatic rings. The van der Waals surface area contributed by atoms with E-state index in [0.717, 1.165) is 5.69 Å². The fourth-order valence-corrected chi connectivity index (χ4v) is 3.67. The minimum absolute atomic E-state index is 0.121. The molecule has 0 radical (unpaired) electrons. The first-order chi connectivity index (χ1) is 13.5. The van der Waals surface area contributed by atoms with E-state index in [1.54, 1.807) is 16.5 Å². The molecular formula is C19H22N4O5. The largest absolute Gasteiger partial charge is 0.486 e. The predicted octanol–water partition coefficient (Wildman–Crippen LogP) is 1.67. The summed E-state index contributed by atoms with van der Waals surface area (Å²) < 4.78 is 12.8. The van der Waals surface area contributed by atoms with Crippen LogP contribution < -0.4 is 9.47 Å². The maximum atomic E-state index is 12.9. The minimum atomic E-state index is -0.789. The zero-order valence-electron chi connectivity index (χ0n) is 15.6. The van der Waals surface area contributed by atoms with Crippen LogP contribution in [0.4, 0.5) is 0 Å². The summed E-state index contributed by atoms with van der Waals surface area (Å²) in [5.74, 6) is 0.495. The lowest BCUT2D eigenvalue weighted by Gasteiger charge is -2.30. The second kappa shape index (κ2) is 7.49. The molecule has 0 bridgehead atoms. The summed E-state index contributed by atoms with van der Waals surface area (Å²) in [6, 6.07) is 5.49. The van der Waals surface area contributed by atoms with Gasteiger partial charge in [0.05, 0.1) is 11.4 Å². The second-order valence-corrected chi connectivity index (χ2v) is 7.10. The van der Waals surface area contributed by atoms with Gasteiger partial charge < -0.3 is 19.5 Å². The van der Waals surface area contributed by atoms with Crippen molar-refractivity contribution >= 4 is 11.9 Å². The van der Waals surface area contributed by atoms with Crippen molar-refractivity contribution in [3.05, 3.63) is 29.6 Å². The van der Waals surface area contributed by atoms with Crippen molar-refractivity contribution < 1.29 is 24.2 Å². The quantitative estimate of drug-likeness (QED) is 0.852. The highest BCUT2D eigenvalue weighted by molar-refractivity contribution is 5.93. The number of hydrogen-bond acceptors (Lipinski definition) is 6. The lowest BCUT2D eigenvalue weighted by Crippen LogP contribution is -2.39. The molecule has 2 aliphatic rings. The Bertz CT molecular complexity index is 902. The van der Waals surface area contributed by atoms with Gasteiger partial charge in [-0.2, -0.15) is 0 Å². The molecule has 9 nitrogen and oxygen atoms in total. The second-order valence-electron chi connectivity index (χ2n) is 7.10. The zero-order valence-corrected chi connectivity index (χ0v) is 15.6. The number of carbonyl (C=O) groups excluding carboxylic acids is 1. The van der Waals surface area contributed by atoms with Crippen LogP contribution in [0.3, 0.4) is 0 Å². The highest BCUT2D eigenvalue weighted by Crippen LogP contribution is 2.32. The van der Waals surface area contributed by atoms with Crippen molar-refractivity contribution in [2.45, 2.75) is 26.2 Å². The number of rotatable bonds is 4. The Kier molecular flexibility index (Phi) is 4.89. The molecule has 0 aliphatic carbocycles. The summed E-state index contributed by atoms with van der Waals surface area (Å²) in [5, 5.41) is 17.2. The van der Waals surface area contributed by atoms with Crippen molar-refractivity contribution in [2.24, 2.45) is 5.92 Å². The van der Waals surface area contributed by atoms with Crippen molar-refractivity contribution in [3.8, 4) is 17.2 Å². The summed E-state index contributed by atoms with van der Waals surface area (Å²) in [5.41, 5.74) is 1.70. The number of ether oxygens (including phenoxy) is 2. The third-order valence-corrected chi connectivity index (χ3v) is 5.23. The average Bonchev–Trinajstić information content (AvgIpc) is 3.08.